The molecule has 0 spiro atoms. The van der Waals surface area contributed by atoms with Crippen LogP contribution in [0.3, 0.4) is 0 Å². The van der Waals surface area contributed by atoms with E-state index in [0.29, 0.717) is 11.6 Å². The van der Waals surface area contributed by atoms with E-state index in [2.05, 4.69) is 4.72 Å². The van der Waals surface area contributed by atoms with Crippen molar-refractivity contribution in [2.75, 3.05) is 6.54 Å². The topological polar surface area (TPSA) is 72.2 Å². The second-order valence-corrected chi connectivity index (χ2v) is 7.22. The lowest BCUT2D eigenvalue weighted by molar-refractivity contribution is 0.486. The van der Waals surface area contributed by atoms with Gasteiger partial charge in [0.2, 0.25) is 10.0 Å². The Morgan fingerprint density at radius 1 is 1.00 bits per heavy atom. The van der Waals surface area contributed by atoms with Crippen LogP contribution >= 0.6 is 0 Å². The molecule has 0 aliphatic carbocycles. The second kappa shape index (κ2) is 7.78. The highest BCUT2D eigenvalue weighted by Crippen LogP contribution is 2.15. The minimum Gasteiger partial charge on any atom is -0.326 e. The van der Waals surface area contributed by atoms with Crippen molar-refractivity contribution in [1.29, 1.82) is 0 Å². The molecule has 4 nitrogen and oxygen atoms in total. The summed E-state index contributed by atoms with van der Waals surface area (Å²) >= 11 is 0. The van der Waals surface area contributed by atoms with Crippen LogP contribution in [0.4, 0.5) is 13.2 Å². The first-order valence-electron chi connectivity index (χ1n) is 7.17. The van der Waals surface area contributed by atoms with Crippen molar-refractivity contribution < 1.29 is 21.6 Å². The van der Waals surface area contributed by atoms with Gasteiger partial charge in [-0.15, -0.1) is 0 Å². The Bertz CT molecular complexity index is 798. The molecule has 2 aromatic rings. The third-order valence-electron chi connectivity index (χ3n) is 3.34. The Morgan fingerprint density at radius 3 is 2.29 bits per heavy atom. The molecular weight excluding hydrogens is 341 g/mol. The summed E-state index contributed by atoms with van der Waals surface area (Å²) in [5.41, 5.74) is 6.26. The summed E-state index contributed by atoms with van der Waals surface area (Å²) in [6, 6.07) is 8.96. The lowest BCUT2D eigenvalue weighted by atomic mass is 10.1. The zero-order valence-electron chi connectivity index (χ0n) is 12.7. The summed E-state index contributed by atoms with van der Waals surface area (Å²) in [6.45, 7) is -0.145. The van der Waals surface area contributed by atoms with Gasteiger partial charge in [0, 0.05) is 18.7 Å². The molecule has 8 heteroatoms. The first kappa shape index (κ1) is 18.4. The number of rotatable bonds is 7. The minimum absolute atomic E-state index is 0.108. The predicted molar refractivity (Wildman–Crippen MR) is 85.1 cm³/mol. The maximum atomic E-state index is 13.6. The van der Waals surface area contributed by atoms with Gasteiger partial charge in [0.25, 0.3) is 0 Å². The Labute approximate surface area is 138 Å². The molecule has 0 amide bonds. The standard InChI is InChI=1S/C16H17F3N2O2S/c17-14-8-16(19)15(18)7-12(14)6-13(20)9-21-24(22,23)10-11-4-2-1-3-5-11/h1-5,7-8,13,21H,6,9-10,20H2/t13-/m1/s1. The smallest absolute Gasteiger partial charge is 0.215 e. The number of nitrogens with one attached hydrogen (secondary N) is 1. The Balaban J connectivity index is 1.93. The average Bonchev–Trinajstić information content (AvgIpc) is 2.51. The molecular formula is C16H17F3N2O2S. The summed E-state index contributed by atoms with van der Waals surface area (Å²) in [7, 11) is -3.60. The third kappa shape index (κ3) is 5.33. The number of sulfonamides is 1. The van der Waals surface area contributed by atoms with Gasteiger partial charge in [-0.1, -0.05) is 30.3 Å². The van der Waals surface area contributed by atoms with Crippen LogP contribution in [0.25, 0.3) is 0 Å². The van der Waals surface area contributed by atoms with E-state index in [9.17, 15) is 21.6 Å². The highest BCUT2D eigenvalue weighted by molar-refractivity contribution is 7.88. The SMILES string of the molecule is N[C@@H](CNS(=O)(=O)Cc1ccccc1)Cc1cc(F)c(F)cc1F. The molecule has 24 heavy (non-hydrogen) atoms. The summed E-state index contributed by atoms with van der Waals surface area (Å²) in [5.74, 6) is -3.59. The molecule has 3 N–H and O–H groups in total. The van der Waals surface area contributed by atoms with E-state index < -0.39 is 33.5 Å². The molecule has 2 aromatic carbocycles. The largest absolute Gasteiger partial charge is 0.326 e. The second-order valence-electron chi connectivity index (χ2n) is 5.42. The predicted octanol–water partition coefficient (Wildman–Crippen LogP) is 2.09. The number of hydrogen-bond acceptors (Lipinski definition) is 3. The van der Waals surface area contributed by atoms with Gasteiger partial charge in [-0.2, -0.15) is 0 Å². The monoisotopic (exact) mass is 358 g/mol. The van der Waals surface area contributed by atoms with E-state index in [1.54, 1.807) is 30.3 Å². The number of nitrogens with two attached hydrogens (primary N) is 1. The van der Waals surface area contributed by atoms with Gasteiger partial charge in [0.05, 0.1) is 5.75 Å². The van der Waals surface area contributed by atoms with E-state index >= 15 is 0 Å². The molecule has 0 radical (unpaired) electrons. The highest BCUT2D eigenvalue weighted by Gasteiger charge is 2.16. The van der Waals surface area contributed by atoms with Crippen molar-refractivity contribution in [3.05, 3.63) is 71.0 Å². The van der Waals surface area contributed by atoms with Crippen LogP contribution in [-0.4, -0.2) is 21.0 Å². The van der Waals surface area contributed by atoms with E-state index in [1.807, 2.05) is 0 Å². The molecule has 1 atom stereocenters. The molecule has 0 heterocycles. The molecule has 0 saturated carbocycles. The molecule has 0 bridgehead atoms. The summed E-state index contributed by atoms with van der Waals surface area (Å²) in [5, 5.41) is 0. The molecule has 0 saturated heterocycles. The number of benzene rings is 2. The lowest BCUT2D eigenvalue weighted by Gasteiger charge is -2.14. The lowest BCUT2D eigenvalue weighted by Crippen LogP contribution is -2.39. The summed E-state index contributed by atoms with van der Waals surface area (Å²) in [6.07, 6.45) is -0.128. The average molecular weight is 358 g/mol. The Hall–Kier alpha value is -1.90. The van der Waals surface area contributed by atoms with Crippen LogP contribution in [-0.2, 0) is 22.2 Å². The van der Waals surface area contributed by atoms with Gasteiger partial charge >= 0.3 is 0 Å². The quantitative estimate of drug-likeness (QED) is 0.745. The fourth-order valence-electron chi connectivity index (χ4n) is 2.15. The first-order valence-corrected chi connectivity index (χ1v) is 8.82. The van der Waals surface area contributed by atoms with Crippen molar-refractivity contribution in [2.24, 2.45) is 5.73 Å². The normalized spacial score (nSPS) is 13.0. The van der Waals surface area contributed by atoms with Crippen LogP contribution < -0.4 is 10.5 Å². The third-order valence-corrected chi connectivity index (χ3v) is 4.66. The van der Waals surface area contributed by atoms with E-state index in [-0.39, 0.29) is 24.3 Å². The van der Waals surface area contributed by atoms with Crippen LogP contribution in [0, 0.1) is 17.5 Å². The van der Waals surface area contributed by atoms with E-state index in [1.165, 1.54) is 0 Å². The maximum Gasteiger partial charge on any atom is 0.215 e. The van der Waals surface area contributed by atoms with Crippen molar-refractivity contribution >= 4 is 10.0 Å². The van der Waals surface area contributed by atoms with E-state index in [4.69, 9.17) is 5.73 Å². The zero-order valence-corrected chi connectivity index (χ0v) is 13.5. The van der Waals surface area contributed by atoms with Crippen LogP contribution in [0.5, 0.6) is 0 Å². The van der Waals surface area contributed by atoms with Crippen LogP contribution in [0.1, 0.15) is 11.1 Å². The molecule has 0 fully saturated rings. The molecule has 0 aliphatic rings. The zero-order chi connectivity index (χ0) is 17.7. The van der Waals surface area contributed by atoms with Gasteiger partial charge in [-0.05, 0) is 23.6 Å². The molecule has 0 aromatic heterocycles. The summed E-state index contributed by atoms with van der Waals surface area (Å²) < 4.78 is 65.8. The maximum absolute atomic E-state index is 13.6. The number of hydrogen-bond donors (Lipinski definition) is 2. The fourth-order valence-corrected chi connectivity index (χ4v) is 3.35. The van der Waals surface area contributed by atoms with Crippen molar-refractivity contribution in [1.82, 2.24) is 4.72 Å². The van der Waals surface area contributed by atoms with Crippen molar-refractivity contribution in [3.8, 4) is 0 Å². The van der Waals surface area contributed by atoms with Crippen LogP contribution in [0.2, 0.25) is 0 Å². The molecule has 0 aliphatic heterocycles. The summed E-state index contributed by atoms with van der Waals surface area (Å²) in [4.78, 5) is 0. The number of halogens is 3. The Morgan fingerprint density at radius 2 is 1.62 bits per heavy atom. The van der Waals surface area contributed by atoms with Gasteiger partial charge in [-0.3, -0.25) is 0 Å². The molecule has 130 valence electrons. The van der Waals surface area contributed by atoms with Crippen LogP contribution in [0.15, 0.2) is 42.5 Å². The van der Waals surface area contributed by atoms with E-state index in [0.717, 1.165) is 6.07 Å². The minimum atomic E-state index is -3.60. The van der Waals surface area contributed by atoms with Gasteiger partial charge in [0.1, 0.15) is 5.82 Å². The van der Waals surface area contributed by atoms with Crippen molar-refractivity contribution in [3.63, 3.8) is 0 Å². The highest BCUT2D eigenvalue weighted by atomic mass is 32.2. The first-order chi connectivity index (χ1) is 11.3. The Kier molecular flexibility index (Phi) is 5.98. The van der Waals surface area contributed by atoms with Crippen molar-refractivity contribution in [2.45, 2.75) is 18.2 Å². The molecule has 0 unspecified atom stereocenters. The van der Waals surface area contributed by atoms with Gasteiger partial charge < -0.3 is 5.73 Å². The molecule has 2 rings (SSSR count). The van der Waals surface area contributed by atoms with Gasteiger partial charge in [0.15, 0.2) is 11.6 Å². The fraction of sp³-hybridized carbons (Fsp3) is 0.250. The van der Waals surface area contributed by atoms with Gasteiger partial charge in [-0.25, -0.2) is 26.3 Å².